The molecule has 2 N–H and O–H groups in total. The molecule has 1 aromatic carbocycles. The van der Waals surface area contributed by atoms with Crippen molar-refractivity contribution in [2.75, 3.05) is 7.11 Å². The number of carbonyl (C=O) groups is 2. The number of carbonyl (C=O) groups excluding carboxylic acids is 2. The Kier molecular flexibility index (Phi) is 7.26. The maximum atomic E-state index is 11.8. The minimum absolute atomic E-state index is 0.285. The van der Waals surface area contributed by atoms with Crippen LogP contribution in [0, 0.1) is 0 Å². The number of hydrazone groups is 1. The molecule has 0 unspecified atom stereocenters. The Morgan fingerprint density at radius 3 is 2.25 bits per heavy atom. The Morgan fingerprint density at radius 2 is 1.62 bits per heavy atom. The first-order valence-electron chi connectivity index (χ1n) is 8.45. The van der Waals surface area contributed by atoms with Gasteiger partial charge in [0.05, 0.1) is 7.11 Å². The van der Waals surface area contributed by atoms with E-state index in [0.29, 0.717) is 0 Å². The summed E-state index contributed by atoms with van der Waals surface area (Å²) in [7, 11) is 1.60. The number of rotatable bonds is 4. The van der Waals surface area contributed by atoms with E-state index < -0.39 is 11.8 Å². The average molecular weight is 331 g/mol. The van der Waals surface area contributed by atoms with Crippen LogP contribution in [0.1, 0.15) is 50.5 Å². The number of benzene rings is 1. The third-order valence-electron chi connectivity index (χ3n) is 4.06. The monoisotopic (exact) mass is 331 g/mol. The number of methoxy groups -OCH3 is 1. The predicted octanol–water partition coefficient (Wildman–Crippen LogP) is 2.53. The van der Waals surface area contributed by atoms with Crippen molar-refractivity contribution in [3.05, 3.63) is 29.8 Å². The van der Waals surface area contributed by atoms with Crippen LogP contribution >= 0.6 is 0 Å². The van der Waals surface area contributed by atoms with Crippen LogP contribution in [0.4, 0.5) is 0 Å². The van der Waals surface area contributed by atoms with Crippen LogP contribution in [-0.4, -0.2) is 24.6 Å². The van der Waals surface area contributed by atoms with Crippen LogP contribution in [0.5, 0.6) is 5.75 Å². The first-order valence-corrected chi connectivity index (χ1v) is 8.45. The van der Waals surface area contributed by atoms with E-state index in [1.54, 1.807) is 7.11 Å². The molecule has 0 spiro atoms. The van der Waals surface area contributed by atoms with Crippen molar-refractivity contribution in [3.63, 3.8) is 0 Å². The molecule has 2 rings (SSSR count). The van der Waals surface area contributed by atoms with Crippen LogP contribution in [0.15, 0.2) is 29.4 Å². The fraction of sp³-hybridized carbons (Fsp3) is 0.500. The molecule has 1 saturated carbocycles. The van der Waals surface area contributed by atoms with E-state index in [2.05, 4.69) is 15.8 Å². The summed E-state index contributed by atoms with van der Waals surface area (Å²) >= 11 is 0. The van der Waals surface area contributed by atoms with Gasteiger partial charge in [-0.3, -0.25) is 9.59 Å². The molecule has 1 fully saturated rings. The summed E-state index contributed by atoms with van der Waals surface area (Å²) in [4.78, 5) is 23.6. The van der Waals surface area contributed by atoms with Crippen molar-refractivity contribution in [2.24, 2.45) is 5.10 Å². The summed E-state index contributed by atoms with van der Waals surface area (Å²) in [5.41, 5.74) is 4.24. The summed E-state index contributed by atoms with van der Waals surface area (Å²) in [5, 5.41) is 6.71. The van der Waals surface area contributed by atoms with Gasteiger partial charge in [-0.2, -0.15) is 5.10 Å². The van der Waals surface area contributed by atoms with Crippen LogP contribution in [0.2, 0.25) is 0 Å². The van der Waals surface area contributed by atoms with Gasteiger partial charge in [0.2, 0.25) is 0 Å². The van der Waals surface area contributed by atoms with E-state index in [9.17, 15) is 9.59 Å². The van der Waals surface area contributed by atoms with Crippen molar-refractivity contribution in [1.82, 2.24) is 10.7 Å². The van der Waals surface area contributed by atoms with Gasteiger partial charge in [-0.15, -0.1) is 0 Å². The Labute approximate surface area is 142 Å². The minimum Gasteiger partial charge on any atom is -0.497 e. The van der Waals surface area contributed by atoms with Crippen LogP contribution in [-0.2, 0) is 16.1 Å². The van der Waals surface area contributed by atoms with Crippen molar-refractivity contribution in [2.45, 2.75) is 51.5 Å². The second-order valence-electron chi connectivity index (χ2n) is 5.92. The third-order valence-corrected chi connectivity index (χ3v) is 4.06. The van der Waals surface area contributed by atoms with Crippen LogP contribution in [0.25, 0.3) is 0 Å². The van der Waals surface area contributed by atoms with E-state index in [0.717, 1.165) is 42.7 Å². The SMILES string of the molecule is COc1ccc(CNC(=O)C(=O)NN=C2CCCCCCC2)cc1. The average Bonchev–Trinajstić information content (AvgIpc) is 2.59. The number of ether oxygens (including phenoxy) is 1. The van der Waals surface area contributed by atoms with Gasteiger partial charge in [0.25, 0.3) is 0 Å². The van der Waals surface area contributed by atoms with Gasteiger partial charge in [-0.1, -0.05) is 31.4 Å². The number of nitrogens with zero attached hydrogens (tertiary/aromatic N) is 1. The molecule has 1 aliphatic carbocycles. The predicted molar refractivity (Wildman–Crippen MR) is 92.7 cm³/mol. The molecule has 0 aliphatic heterocycles. The number of hydrogen-bond donors (Lipinski definition) is 2. The fourth-order valence-corrected chi connectivity index (χ4v) is 2.61. The summed E-state index contributed by atoms with van der Waals surface area (Å²) < 4.78 is 5.07. The molecule has 0 bridgehead atoms. The Balaban J connectivity index is 1.77. The molecular weight excluding hydrogens is 306 g/mol. The Morgan fingerprint density at radius 1 is 1.00 bits per heavy atom. The molecule has 6 heteroatoms. The first kappa shape index (κ1) is 18.0. The normalized spacial score (nSPS) is 15.0. The fourth-order valence-electron chi connectivity index (χ4n) is 2.61. The Bertz CT molecular complexity index is 572. The molecule has 6 nitrogen and oxygen atoms in total. The lowest BCUT2D eigenvalue weighted by atomic mass is 9.99. The molecule has 0 saturated heterocycles. The molecule has 130 valence electrons. The van der Waals surface area contributed by atoms with Gasteiger partial charge in [-0.25, -0.2) is 5.43 Å². The highest BCUT2D eigenvalue weighted by atomic mass is 16.5. The van der Waals surface area contributed by atoms with Gasteiger partial charge in [0, 0.05) is 12.3 Å². The highest BCUT2D eigenvalue weighted by molar-refractivity contribution is 6.35. The first-order chi connectivity index (χ1) is 11.7. The van der Waals surface area contributed by atoms with Gasteiger partial charge >= 0.3 is 11.8 Å². The lowest BCUT2D eigenvalue weighted by Gasteiger charge is -2.11. The molecule has 24 heavy (non-hydrogen) atoms. The topological polar surface area (TPSA) is 79.8 Å². The Hall–Kier alpha value is -2.37. The minimum atomic E-state index is -0.724. The van der Waals surface area contributed by atoms with Crippen LogP contribution in [0.3, 0.4) is 0 Å². The maximum absolute atomic E-state index is 11.8. The molecule has 0 radical (unpaired) electrons. The molecular formula is C18H25N3O3. The molecule has 2 amide bonds. The lowest BCUT2D eigenvalue weighted by Crippen LogP contribution is -2.37. The van der Waals surface area contributed by atoms with Crippen molar-refractivity contribution < 1.29 is 14.3 Å². The van der Waals surface area contributed by atoms with Gasteiger partial charge < -0.3 is 10.1 Å². The molecule has 0 atom stereocenters. The molecule has 1 aliphatic rings. The summed E-state index contributed by atoms with van der Waals surface area (Å²) in [5.74, 6) is -0.656. The summed E-state index contributed by atoms with van der Waals surface area (Å²) in [6.07, 6.45) is 7.66. The van der Waals surface area contributed by atoms with Gasteiger partial charge in [-0.05, 0) is 43.4 Å². The summed E-state index contributed by atoms with van der Waals surface area (Å²) in [6.45, 7) is 0.285. The number of hydrogen-bond acceptors (Lipinski definition) is 4. The van der Waals surface area contributed by atoms with Gasteiger partial charge in [0.1, 0.15) is 5.75 Å². The van der Waals surface area contributed by atoms with E-state index >= 15 is 0 Å². The maximum Gasteiger partial charge on any atom is 0.329 e. The van der Waals surface area contributed by atoms with E-state index in [1.165, 1.54) is 19.3 Å². The zero-order chi connectivity index (χ0) is 17.2. The standard InChI is InChI=1S/C18H25N3O3/c1-24-16-11-9-14(10-12-16)13-19-17(22)18(23)21-20-15-7-5-3-2-4-6-8-15/h9-12H,2-8,13H2,1H3,(H,19,22)(H,21,23). The van der Waals surface area contributed by atoms with E-state index in [1.807, 2.05) is 24.3 Å². The highest BCUT2D eigenvalue weighted by Gasteiger charge is 2.13. The third kappa shape index (κ3) is 6.02. The summed E-state index contributed by atoms with van der Waals surface area (Å²) in [6, 6.07) is 7.29. The van der Waals surface area contributed by atoms with Crippen molar-refractivity contribution >= 4 is 17.5 Å². The molecule has 1 aromatic rings. The second-order valence-corrected chi connectivity index (χ2v) is 5.92. The number of amides is 2. The van der Waals surface area contributed by atoms with E-state index in [4.69, 9.17) is 4.74 Å². The van der Waals surface area contributed by atoms with E-state index in [-0.39, 0.29) is 6.54 Å². The van der Waals surface area contributed by atoms with Gasteiger partial charge in [0.15, 0.2) is 0 Å². The highest BCUT2D eigenvalue weighted by Crippen LogP contribution is 2.14. The van der Waals surface area contributed by atoms with Crippen molar-refractivity contribution in [1.29, 1.82) is 0 Å². The van der Waals surface area contributed by atoms with Crippen LogP contribution < -0.4 is 15.5 Å². The molecule has 0 aromatic heterocycles. The smallest absolute Gasteiger partial charge is 0.329 e. The number of nitrogens with one attached hydrogen (secondary N) is 2. The second kappa shape index (κ2) is 9.70. The molecule has 0 heterocycles. The van der Waals surface area contributed by atoms with Crippen molar-refractivity contribution in [3.8, 4) is 5.75 Å². The zero-order valence-corrected chi connectivity index (χ0v) is 14.1. The zero-order valence-electron chi connectivity index (χ0n) is 14.1. The quantitative estimate of drug-likeness (QED) is 0.657. The lowest BCUT2D eigenvalue weighted by molar-refractivity contribution is -0.139. The largest absolute Gasteiger partial charge is 0.497 e.